The number of piperidine rings is 1. The van der Waals surface area contributed by atoms with E-state index in [4.69, 9.17) is 0 Å². The first-order chi connectivity index (χ1) is 8.05. The molecule has 1 aromatic heterocycles. The topological polar surface area (TPSA) is 102 Å². The molecule has 0 amide bonds. The minimum absolute atomic E-state index is 0.0291. The molecule has 1 aromatic rings. The van der Waals surface area contributed by atoms with Gasteiger partial charge in [-0.05, 0) is 37.1 Å². The highest BCUT2D eigenvalue weighted by Gasteiger charge is 2.22. The van der Waals surface area contributed by atoms with E-state index in [1.165, 1.54) is 4.80 Å². The second-order valence-electron chi connectivity index (χ2n) is 4.18. The molecule has 17 heavy (non-hydrogen) atoms. The molecule has 2 heterocycles. The second kappa shape index (κ2) is 4.96. The number of anilines is 1. The summed E-state index contributed by atoms with van der Waals surface area (Å²) in [6, 6.07) is 0. The van der Waals surface area contributed by atoms with E-state index >= 15 is 0 Å². The van der Waals surface area contributed by atoms with Crippen LogP contribution in [0.1, 0.15) is 12.8 Å². The Kier molecular flexibility index (Phi) is 3.57. The molecular formula is C8H16N6O2S. The van der Waals surface area contributed by atoms with Crippen LogP contribution in [0.25, 0.3) is 0 Å². The van der Waals surface area contributed by atoms with Gasteiger partial charge in [-0.15, -0.1) is 5.10 Å². The predicted octanol–water partition coefficient (Wildman–Crippen LogP) is -1.05. The van der Waals surface area contributed by atoms with Crippen molar-refractivity contribution in [3.05, 3.63) is 0 Å². The van der Waals surface area contributed by atoms with Crippen molar-refractivity contribution in [2.45, 2.75) is 12.8 Å². The molecule has 0 spiro atoms. The lowest BCUT2D eigenvalue weighted by molar-refractivity contribution is 0.402. The average molecular weight is 260 g/mol. The summed E-state index contributed by atoms with van der Waals surface area (Å²) in [5, 5.41) is 14.1. The fourth-order valence-electron chi connectivity index (χ4n) is 1.86. The van der Waals surface area contributed by atoms with Crippen molar-refractivity contribution in [2.75, 3.05) is 23.6 Å². The number of nitrogens with one attached hydrogen (secondary N) is 2. The molecule has 1 fully saturated rings. The lowest BCUT2D eigenvalue weighted by Crippen LogP contribution is -2.33. The fraction of sp³-hybridized carbons (Fsp3) is 0.875. The summed E-state index contributed by atoms with van der Waals surface area (Å²) in [4.78, 5) is 1.21. The van der Waals surface area contributed by atoms with Crippen molar-refractivity contribution in [2.24, 2.45) is 13.0 Å². The normalized spacial score (nSPS) is 18.2. The monoisotopic (exact) mass is 260 g/mol. The lowest BCUT2D eigenvalue weighted by Gasteiger charge is -2.21. The molecule has 0 aliphatic carbocycles. The predicted molar refractivity (Wildman–Crippen MR) is 61.8 cm³/mol. The van der Waals surface area contributed by atoms with Gasteiger partial charge in [0.2, 0.25) is 10.0 Å². The van der Waals surface area contributed by atoms with Gasteiger partial charge < -0.3 is 5.32 Å². The Labute approximate surface area is 99.8 Å². The first-order valence-corrected chi connectivity index (χ1v) is 7.15. The average Bonchev–Trinajstić information content (AvgIpc) is 2.63. The van der Waals surface area contributed by atoms with Crippen molar-refractivity contribution in [1.82, 2.24) is 25.5 Å². The summed E-state index contributed by atoms with van der Waals surface area (Å²) in [7, 11) is -1.80. The zero-order valence-corrected chi connectivity index (χ0v) is 10.4. The molecule has 0 bridgehead atoms. The van der Waals surface area contributed by atoms with E-state index in [0.29, 0.717) is 0 Å². The minimum Gasteiger partial charge on any atom is -0.317 e. The highest BCUT2D eigenvalue weighted by Crippen LogP contribution is 2.14. The maximum absolute atomic E-state index is 11.8. The highest BCUT2D eigenvalue weighted by atomic mass is 32.2. The van der Waals surface area contributed by atoms with Gasteiger partial charge in [-0.25, -0.2) is 13.1 Å². The van der Waals surface area contributed by atoms with Crippen molar-refractivity contribution >= 4 is 16.0 Å². The molecule has 1 aliphatic heterocycles. The first-order valence-electron chi connectivity index (χ1n) is 5.50. The zero-order valence-electron chi connectivity index (χ0n) is 9.63. The van der Waals surface area contributed by atoms with Gasteiger partial charge in [0.25, 0.3) is 5.95 Å². The number of hydrogen-bond acceptors (Lipinski definition) is 6. The number of tetrazole rings is 1. The molecule has 1 saturated heterocycles. The van der Waals surface area contributed by atoms with Gasteiger partial charge in [-0.2, -0.15) is 4.80 Å². The van der Waals surface area contributed by atoms with Gasteiger partial charge >= 0.3 is 0 Å². The van der Waals surface area contributed by atoms with Gasteiger partial charge in [-0.3, -0.25) is 0 Å². The molecule has 0 saturated carbocycles. The summed E-state index contributed by atoms with van der Waals surface area (Å²) in [6.45, 7) is 1.76. The molecule has 0 aromatic carbocycles. The summed E-state index contributed by atoms with van der Waals surface area (Å²) >= 11 is 0. The third-order valence-corrected chi connectivity index (χ3v) is 4.07. The van der Waals surface area contributed by atoms with E-state index in [9.17, 15) is 8.42 Å². The Morgan fingerprint density at radius 1 is 1.47 bits per heavy atom. The summed E-state index contributed by atoms with van der Waals surface area (Å²) < 4.78 is 26.0. The minimum atomic E-state index is -3.38. The molecule has 0 atom stereocenters. The van der Waals surface area contributed by atoms with Crippen molar-refractivity contribution in [1.29, 1.82) is 0 Å². The fourth-order valence-corrected chi connectivity index (χ4v) is 3.26. The summed E-state index contributed by atoms with van der Waals surface area (Å²) in [5.41, 5.74) is 0. The molecule has 8 nitrogen and oxygen atoms in total. The Morgan fingerprint density at radius 3 is 2.76 bits per heavy atom. The third-order valence-electron chi connectivity index (χ3n) is 2.67. The number of sulfonamides is 1. The smallest absolute Gasteiger partial charge is 0.276 e. The van der Waals surface area contributed by atoms with Crippen LogP contribution in [0.4, 0.5) is 5.95 Å². The van der Waals surface area contributed by atoms with E-state index in [1.807, 2.05) is 0 Å². The Hall–Kier alpha value is -1.22. The van der Waals surface area contributed by atoms with E-state index in [0.717, 1.165) is 25.9 Å². The van der Waals surface area contributed by atoms with Crippen LogP contribution in [0.2, 0.25) is 0 Å². The molecule has 96 valence electrons. The van der Waals surface area contributed by atoms with Crippen molar-refractivity contribution < 1.29 is 8.42 Å². The van der Waals surface area contributed by atoms with Gasteiger partial charge in [-0.1, -0.05) is 5.10 Å². The molecule has 9 heteroatoms. The first kappa shape index (κ1) is 12.2. The number of nitrogens with zero attached hydrogens (tertiary/aromatic N) is 4. The van der Waals surface area contributed by atoms with Crippen LogP contribution >= 0.6 is 0 Å². The molecule has 0 radical (unpaired) electrons. The van der Waals surface area contributed by atoms with E-state index in [2.05, 4.69) is 25.4 Å². The van der Waals surface area contributed by atoms with Crippen LogP contribution in [0.15, 0.2) is 0 Å². The van der Waals surface area contributed by atoms with Crippen LogP contribution in [0, 0.1) is 5.92 Å². The standard InChI is InChI=1S/C8H16N6O2S/c1-14-11-8(10-13-14)12-17(15,16)6-7-2-4-9-5-3-7/h7,9H,2-6H2,1H3,(H,11,12). The van der Waals surface area contributed by atoms with Gasteiger partial charge in [0.1, 0.15) is 0 Å². The van der Waals surface area contributed by atoms with Crippen LogP contribution < -0.4 is 10.0 Å². The zero-order chi connectivity index (χ0) is 12.3. The maximum Gasteiger partial charge on any atom is 0.276 e. The second-order valence-corrected chi connectivity index (χ2v) is 5.95. The largest absolute Gasteiger partial charge is 0.317 e. The van der Waals surface area contributed by atoms with Crippen LogP contribution in [-0.4, -0.2) is 47.5 Å². The van der Waals surface area contributed by atoms with Gasteiger partial charge in [0.15, 0.2) is 0 Å². The Bertz CT molecular complexity index is 464. The van der Waals surface area contributed by atoms with E-state index in [1.54, 1.807) is 7.05 Å². The van der Waals surface area contributed by atoms with Gasteiger partial charge in [0.05, 0.1) is 12.8 Å². The highest BCUT2D eigenvalue weighted by molar-refractivity contribution is 7.92. The number of aromatic nitrogens is 4. The van der Waals surface area contributed by atoms with Crippen LogP contribution in [-0.2, 0) is 17.1 Å². The number of hydrogen-bond donors (Lipinski definition) is 2. The molecule has 1 aliphatic rings. The molecule has 0 unspecified atom stereocenters. The molecule has 2 rings (SSSR count). The maximum atomic E-state index is 11.8. The third kappa shape index (κ3) is 3.63. The molecular weight excluding hydrogens is 244 g/mol. The van der Waals surface area contributed by atoms with Crippen molar-refractivity contribution in [3.8, 4) is 0 Å². The number of rotatable bonds is 4. The Balaban J connectivity index is 1.94. The summed E-state index contributed by atoms with van der Waals surface area (Å²) in [6.07, 6.45) is 1.77. The quantitative estimate of drug-likeness (QED) is 0.716. The van der Waals surface area contributed by atoms with Crippen LogP contribution in [0.3, 0.4) is 0 Å². The van der Waals surface area contributed by atoms with E-state index < -0.39 is 10.0 Å². The lowest BCUT2D eigenvalue weighted by atomic mass is 10.0. The SMILES string of the molecule is Cn1nnc(NS(=O)(=O)CC2CCNCC2)n1. The summed E-state index contributed by atoms with van der Waals surface area (Å²) in [5.74, 6) is 0.347. The van der Waals surface area contributed by atoms with Crippen LogP contribution in [0.5, 0.6) is 0 Å². The number of aryl methyl sites for hydroxylation is 1. The van der Waals surface area contributed by atoms with Gasteiger partial charge in [0, 0.05) is 0 Å². The molecule has 2 N–H and O–H groups in total. The van der Waals surface area contributed by atoms with Crippen molar-refractivity contribution in [3.63, 3.8) is 0 Å². The van der Waals surface area contributed by atoms with E-state index in [-0.39, 0.29) is 17.6 Å². The Morgan fingerprint density at radius 2 is 2.18 bits per heavy atom.